The van der Waals surface area contributed by atoms with Gasteiger partial charge in [-0.2, -0.15) is 0 Å². The zero-order valence-electron chi connectivity index (χ0n) is 47.0. The van der Waals surface area contributed by atoms with Crippen molar-refractivity contribution in [1.29, 1.82) is 0 Å². The summed E-state index contributed by atoms with van der Waals surface area (Å²) in [5.41, 5.74) is 0. The second kappa shape index (κ2) is 158. The predicted octanol–water partition coefficient (Wildman–Crippen LogP) is -25.5. The Morgan fingerprint density at radius 2 is 0.114 bits per heavy atom. The molecule has 0 unspecified atom stereocenters. The summed E-state index contributed by atoms with van der Waals surface area (Å²) in [6, 6.07) is 0. The Kier molecular flexibility index (Phi) is 371. The zero-order valence-corrected chi connectivity index (χ0v) is 57.0. The molecule has 0 aliphatic carbocycles. The van der Waals surface area contributed by atoms with Gasteiger partial charge in [-0.15, -0.1) is 0 Å². The van der Waals surface area contributed by atoms with E-state index in [-0.39, 0.29) is 310 Å². The van der Waals surface area contributed by atoms with E-state index in [0.717, 1.165) is 0 Å². The molecule has 30 N–H and O–H groups in total. The Balaban J connectivity index is -0.00000000807. The minimum atomic E-state index is -1.83. The SMILES string of the molecule is O=C(O)O.O=C(O)O.O=C(O)O.O=C(O)O.O=C(O)O.O=C(O)O.O=C(O)O.O=C(O)O.O=C(O)O.O=C(O)O.O=C(O)O.O=C(O)O.O=C(O)O.O=C(O)O.O=C(O)O.[H-].[H-].[H-].[H-].[H-].[H-].[H-].[H-].[H-].[H-].[Na+].[Na+].[Na+].[Na+].[Na+].[Na+].[Na+].[Na+].[Na+].[Na+]. The molecular weight excluding hydrogens is 1130 g/mol. The summed E-state index contributed by atoms with van der Waals surface area (Å²) in [5.74, 6) is 0. The van der Waals surface area contributed by atoms with E-state index in [0.29, 0.717) is 0 Å². The first-order valence-electron chi connectivity index (χ1n) is 9.77. The molecule has 380 valence electrons. The maximum atomic E-state index is 8.56. The Bertz CT molecular complexity index is 830. The molecule has 0 saturated heterocycles. The van der Waals surface area contributed by atoms with Crippen LogP contribution in [0.2, 0.25) is 0 Å². The molecule has 0 heterocycles. The first-order valence-corrected chi connectivity index (χ1v) is 9.77. The average Bonchev–Trinajstić information content (AvgIpc) is 2.78. The fourth-order valence-corrected chi connectivity index (χ4v) is 0. The Labute approximate surface area is 617 Å². The summed E-state index contributed by atoms with van der Waals surface area (Å²) >= 11 is 0. The molecule has 0 saturated carbocycles. The van der Waals surface area contributed by atoms with Gasteiger partial charge in [0.05, 0.1) is 0 Å². The molecule has 0 aliphatic rings. The van der Waals surface area contributed by atoms with Gasteiger partial charge in [0.2, 0.25) is 0 Å². The largest absolute Gasteiger partial charge is 1.00 e. The smallest absolute Gasteiger partial charge is 1.00 e. The van der Waals surface area contributed by atoms with Crippen molar-refractivity contribution in [2.75, 3.05) is 0 Å². The second-order valence-electron chi connectivity index (χ2n) is 4.24. The van der Waals surface area contributed by atoms with E-state index in [9.17, 15) is 0 Å². The van der Waals surface area contributed by atoms with Gasteiger partial charge in [-0.25, -0.2) is 71.9 Å². The van der Waals surface area contributed by atoms with Crippen LogP contribution in [0.4, 0.5) is 71.9 Å². The van der Waals surface area contributed by atoms with E-state index in [2.05, 4.69) is 0 Å². The molecular formula is C15H40Na10O45. The molecule has 0 spiro atoms. The maximum absolute atomic E-state index is 8.56. The zero-order chi connectivity index (χ0) is 53.7. The van der Waals surface area contributed by atoms with Crippen LogP contribution in [0.3, 0.4) is 0 Å². The average molecular weight is 1170 g/mol. The van der Waals surface area contributed by atoms with Gasteiger partial charge in [0.15, 0.2) is 0 Å². The van der Waals surface area contributed by atoms with Crippen molar-refractivity contribution >= 4 is 92.3 Å². The molecule has 0 aromatic heterocycles. The molecule has 70 heavy (non-hydrogen) atoms. The Hall–Kier alpha value is -0.950. The normalized spacial score (nSPS) is 5.14. The summed E-state index contributed by atoms with van der Waals surface area (Å²) < 4.78 is 0. The number of hydrogen-bond acceptors (Lipinski definition) is 15. The molecule has 0 fully saturated rings. The van der Waals surface area contributed by atoms with Crippen LogP contribution in [-0.2, 0) is 0 Å². The third-order valence-electron chi connectivity index (χ3n) is 0. The molecule has 0 atom stereocenters. The third-order valence-corrected chi connectivity index (χ3v) is 0. The predicted molar refractivity (Wildman–Crippen MR) is 171 cm³/mol. The van der Waals surface area contributed by atoms with Gasteiger partial charge in [0, 0.05) is 0 Å². The molecule has 0 amide bonds. The van der Waals surface area contributed by atoms with Crippen LogP contribution in [-0.4, -0.2) is 246 Å². The summed E-state index contributed by atoms with van der Waals surface area (Å²) in [4.78, 5) is 128. The van der Waals surface area contributed by atoms with Crippen molar-refractivity contribution in [2.24, 2.45) is 0 Å². The van der Waals surface area contributed by atoms with E-state index < -0.39 is 92.3 Å². The second-order valence-corrected chi connectivity index (χ2v) is 4.24. The van der Waals surface area contributed by atoms with Crippen molar-refractivity contribution < 1.29 is 535 Å². The minimum Gasteiger partial charge on any atom is -1.00 e. The van der Waals surface area contributed by atoms with E-state index in [1.807, 2.05) is 0 Å². The fourth-order valence-electron chi connectivity index (χ4n) is 0. The number of hydrogen-bond donors (Lipinski definition) is 30. The third kappa shape index (κ3) is 324000. The first kappa shape index (κ1) is 165. The Morgan fingerprint density at radius 1 is 0.114 bits per heavy atom. The maximum Gasteiger partial charge on any atom is 1.00 e. The van der Waals surface area contributed by atoms with Crippen LogP contribution in [0, 0.1) is 0 Å². The summed E-state index contributed by atoms with van der Waals surface area (Å²) in [6.45, 7) is 0. The summed E-state index contributed by atoms with van der Waals surface area (Å²) in [7, 11) is 0. The van der Waals surface area contributed by atoms with E-state index in [1.54, 1.807) is 0 Å². The summed E-state index contributed by atoms with van der Waals surface area (Å²) in [5, 5.41) is 209. The van der Waals surface area contributed by atoms with E-state index in [1.165, 1.54) is 0 Å². The van der Waals surface area contributed by atoms with Crippen LogP contribution in [0.5, 0.6) is 0 Å². The number of carbonyl (C=O) groups is 15. The van der Waals surface area contributed by atoms with Gasteiger partial charge >= 0.3 is 388 Å². The standard InChI is InChI=1S/15CH2O3.10Na.10H/c15*2-1(3)4;;;;;;;;;;;;;;;;;;;;/h15*(H2,2,3,4);;;;;;;;;;;;;;;;;;;;/q;;;;;;;;;;;;;;;10*+1;10*-1. The van der Waals surface area contributed by atoms with Crippen molar-refractivity contribution in [3.63, 3.8) is 0 Å². The van der Waals surface area contributed by atoms with Gasteiger partial charge in [0.25, 0.3) is 0 Å². The summed E-state index contributed by atoms with van der Waals surface area (Å²) in [6.07, 6.45) is -27.5. The molecule has 0 rings (SSSR count). The molecule has 0 aromatic rings. The van der Waals surface area contributed by atoms with Crippen LogP contribution in [0.25, 0.3) is 0 Å². The number of rotatable bonds is 0. The molecule has 55 heteroatoms. The van der Waals surface area contributed by atoms with Gasteiger partial charge in [-0.3, -0.25) is 0 Å². The van der Waals surface area contributed by atoms with Crippen molar-refractivity contribution in [3.05, 3.63) is 0 Å². The van der Waals surface area contributed by atoms with Crippen LogP contribution in [0.15, 0.2) is 0 Å². The topological polar surface area (TPSA) is 863 Å². The molecule has 0 bridgehead atoms. The van der Waals surface area contributed by atoms with Crippen LogP contribution >= 0.6 is 0 Å². The fraction of sp³-hybridized carbons (Fsp3) is 0. The van der Waals surface area contributed by atoms with Gasteiger partial charge in [0.1, 0.15) is 0 Å². The molecule has 0 radical (unpaired) electrons. The van der Waals surface area contributed by atoms with Crippen molar-refractivity contribution in [1.82, 2.24) is 0 Å². The van der Waals surface area contributed by atoms with Gasteiger partial charge < -0.3 is 167 Å². The monoisotopic (exact) mass is 1170 g/mol. The minimum absolute atomic E-state index is 0. The quantitative estimate of drug-likeness (QED) is 0.100. The van der Waals surface area contributed by atoms with Crippen molar-refractivity contribution in [2.45, 2.75) is 0 Å². The van der Waals surface area contributed by atoms with Crippen LogP contribution < -0.4 is 296 Å². The van der Waals surface area contributed by atoms with Gasteiger partial charge in [-0.1, -0.05) is 0 Å². The molecule has 0 aromatic carbocycles. The first-order chi connectivity index (χ1) is 26.0. The molecule has 0 aliphatic heterocycles. The number of carboxylic acid groups (broad SMARTS) is 30. The van der Waals surface area contributed by atoms with E-state index in [4.69, 9.17) is 225 Å². The van der Waals surface area contributed by atoms with Gasteiger partial charge in [-0.05, 0) is 0 Å². The van der Waals surface area contributed by atoms with Crippen LogP contribution in [0.1, 0.15) is 14.3 Å². The van der Waals surface area contributed by atoms with Crippen molar-refractivity contribution in [3.8, 4) is 0 Å². The molecule has 45 nitrogen and oxygen atoms in total. The Morgan fingerprint density at radius 3 is 0.114 bits per heavy atom. The van der Waals surface area contributed by atoms with E-state index >= 15 is 0 Å².